The number of imidazole rings is 1. The Hall–Kier alpha value is -2.47. The SMILES string of the molecule is CC[C@@H](Nc1ncnc2c1ncn2C1CCCO1)c1ccccc1. The van der Waals surface area contributed by atoms with Crippen molar-refractivity contribution in [3.63, 3.8) is 0 Å². The smallest absolute Gasteiger partial charge is 0.167 e. The van der Waals surface area contributed by atoms with Gasteiger partial charge in [0, 0.05) is 6.61 Å². The number of hydrogen-bond donors (Lipinski definition) is 1. The van der Waals surface area contributed by atoms with Gasteiger partial charge < -0.3 is 10.1 Å². The first-order valence-corrected chi connectivity index (χ1v) is 8.47. The summed E-state index contributed by atoms with van der Waals surface area (Å²) in [6, 6.07) is 10.6. The summed E-state index contributed by atoms with van der Waals surface area (Å²) in [5.74, 6) is 0.771. The highest BCUT2D eigenvalue weighted by Crippen LogP contribution is 2.29. The van der Waals surface area contributed by atoms with Crippen LogP contribution in [0.5, 0.6) is 0 Å². The van der Waals surface area contributed by atoms with E-state index in [0.29, 0.717) is 0 Å². The molecule has 1 aliphatic rings. The second-order valence-electron chi connectivity index (χ2n) is 6.03. The Morgan fingerprint density at radius 1 is 1.25 bits per heavy atom. The van der Waals surface area contributed by atoms with Crippen LogP contribution in [0.1, 0.15) is 44.0 Å². The molecule has 2 atom stereocenters. The summed E-state index contributed by atoms with van der Waals surface area (Å²) in [6.45, 7) is 2.96. The van der Waals surface area contributed by atoms with Gasteiger partial charge in [-0.2, -0.15) is 0 Å². The van der Waals surface area contributed by atoms with Crippen LogP contribution in [-0.4, -0.2) is 26.1 Å². The number of benzene rings is 1. The molecule has 0 aliphatic carbocycles. The zero-order valence-electron chi connectivity index (χ0n) is 13.7. The molecule has 1 aromatic carbocycles. The minimum absolute atomic E-state index is 0.0360. The molecule has 2 aromatic heterocycles. The minimum Gasteiger partial charge on any atom is -0.361 e. The van der Waals surface area contributed by atoms with Gasteiger partial charge in [0.05, 0.1) is 12.4 Å². The van der Waals surface area contributed by atoms with Gasteiger partial charge in [0.2, 0.25) is 0 Å². The minimum atomic E-state index is 0.0360. The van der Waals surface area contributed by atoms with Gasteiger partial charge in [-0.1, -0.05) is 37.3 Å². The summed E-state index contributed by atoms with van der Waals surface area (Å²) >= 11 is 0. The molecule has 124 valence electrons. The summed E-state index contributed by atoms with van der Waals surface area (Å²) in [4.78, 5) is 13.4. The van der Waals surface area contributed by atoms with Crippen LogP contribution in [0.2, 0.25) is 0 Å². The fourth-order valence-corrected chi connectivity index (χ4v) is 3.22. The van der Waals surface area contributed by atoms with E-state index < -0.39 is 0 Å². The predicted octanol–water partition coefficient (Wildman–Crippen LogP) is 3.70. The molecule has 1 saturated heterocycles. The number of aromatic nitrogens is 4. The van der Waals surface area contributed by atoms with Crippen LogP contribution in [0.4, 0.5) is 5.82 Å². The molecule has 0 spiro atoms. The Bertz CT molecular complexity index is 811. The van der Waals surface area contributed by atoms with Crippen molar-refractivity contribution in [2.75, 3.05) is 11.9 Å². The number of nitrogens with zero attached hydrogens (tertiary/aromatic N) is 4. The summed E-state index contributed by atoms with van der Waals surface area (Å²) in [6.07, 6.45) is 6.47. The first-order chi connectivity index (χ1) is 11.9. The Balaban J connectivity index is 1.67. The molecule has 1 fully saturated rings. The third kappa shape index (κ3) is 2.73. The van der Waals surface area contributed by atoms with Gasteiger partial charge in [-0.3, -0.25) is 4.57 Å². The van der Waals surface area contributed by atoms with Gasteiger partial charge >= 0.3 is 0 Å². The number of rotatable bonds is 5. The van der Waals surface area contributed by atoms with Crippen molar-refractivity contribution in [1.82, 2.24) is 19.5 Å². The van der Waals surface area contributed by atoms with E-state index in [1.807, 2.05) is 17.0 Å². The summed E-state index contributed by atoms with van der Waals surface area (Å²) < 4.78 is 7.77. The van der Waals surface area contributed by atoms with Crippen LogP contribution in [-0.2, 0) is 4.74 Å². The highest BCUT2D eigenvalue weighted by atomic mass is 16.5. The Labute approximate surface area is 140 Å². The molecule has 1 N–H and O–H groups in total. The molecule has 24 heavy (non-hydrogen) atoms. The van der Waals surface area contributed by atoms with Crippen molar-refractivity contribution < 1.29 is 4.74 Å². The van der Waals surface area contributed by atoms with E-state index in [-0.39, 0.29) is 12.3 Å². The topological polar surface area (TPSA) is 64.9 Å². The monoisotopic (exact) mass is 323 g/mol. The van der Waals surface area contributed by atoms with Crippen molar-refractivity contribution >= 4 is 17.0 Å². The molecule has 1 aliphatic heterocycles. The summed E-state index contributed by atoms with van der Waals surface area (Å²) in [7, 11) is 0. The maximum Gasteiger partial charge on any atom is 0.167 e. The van der Waals surface area contributed by atoms with Gasteiger partial charge in [0.15, 0.2) is 17.0 Å². The second kappa shape index (κ2) is 6.57. The van der Waals surface area contributed by atoms with Gasteiger partial charge in [0.25, 0.3) is 0 Å². The Morgan fingerprint density at radius 2 is 2.12 bits per heavy atom. The molecular formula is C18H21N5O. The van der Waals surface area contributed by atoms with Crippen LogP contribution in [0, 0.1) is 0 Å². The van der Waals surface area contributed by atoms with Crippen LogP contribution < -0.4 is 5.32 Å². The largest absolute Gasteiger partial charge is 0.361 e. The third-order valence-corrected chi connectivity index (χ3v) is 4.50. The van der Waals surface area contributed by atoms with E-state index in [0.717, 1.165) is 42.9 Å². The van der Waals surface area contributed by atoms with Crippen LogP contribution in [0.15, 0.2) is 43.0 Å². The molecule has 3 heterocycles. The number of anilines is 1. The van der Waals surface area contributed by atoms with Crippen molar-refractivity contribution in [3.05, 3.63) is 48.5 Å². The van der Waals surface area contributed by atoms with Crippen molar-refractivity contribution in [2.24, 2.45) is 0 Å². The standard InChI is InChI=1S/C18H21N5O/c1-2-14(13-7-4-3-5-8-13)22-17-16-18(20-11-19-17)23(12-21-16)15-9-6-10-24-15/h3-5,7-8,11-12,14-15H,2,6,9-10H2,1H3,(H,19,20,22)/t14-,15?/m1/s1. The van der Waals surface area contributed by atoms with Crippen LogP contribution >= 0.6 is 0 Å². The normalized spacial score (nSPS) is 18.8. The predicted molar refractivity (Wildman–Crippen MR) is 92.6 cm³/mol. The van der Waals surface area contributed by atoms with E-state index in [2.05, 4.69) is 51.5 Å². The first kappa shape index (κ1) is 15.1. The molecular weight excluding hydrogens is 302 g/mol. The molecule has 4 rings (SSSR count). The molecule has 6 nitrogen and oxygen atoms in total. The lowest BCUT2D eigenvalue weighted by Crippen LogP contribution is -2.12. The van der Waals surface area contributed by atoms with E-state index >= 15 is 0 Å². The zero-order chi connectivity index (χ0) is 16.4. The number of hydrogen-bond acceptors (Lipinski definition) is 5. The molecule has 0 saturated carbocycles. The van der Waals surface area contributed by atoms with Gasteiger partial charge in [-0.15, -0.1) is 0 Å². The lowest BCUT2D eigenvalue weighted by atomic mass is 10.0. The highest BCUT2D eigenvalue weighted by Gasteiger charge is 2.22. The zero-order valence-corrected chi connectivity index (χ0v) is 13.7. The molecule has 0 bridgehead atoms. The molecule has 6 heteroatoms. The number of ether oxygens (including phenoxy) is 1. The van der Waals surface area contributed by atoms with Gasteiger partial charge in [-0.25, -0.2) is 15.0 Å². The fourth-order valence-electron chi connectivity index (χ4n) is 3.22. The highest BCUT2D eigenvalue weighted by molar-refractivity contribution is 5.82. The van der Waals surface area contributed by atoms with Gasteiger partial charge in [-0.05, 0) is 24.8 Å². The average molecular weight is 323 g/mol. The molecule has 1 unspecified atom stereocenters. The van der Waals surface area contributed by atoms with E-state index in [9.17, 15) is 0 Å². The second-order valence-corrected chi connectivity index (χ2v) is 6.03. The maximum absolute atomic E-state index is 5.76. The third-order valence-electron chi connectivity index (χ3n) is 4.50. The number of nitrogens with one attached hydrogen (secondary N) is 1. The van der Waals surface area contributed by atoms with Crippen LogP contribution in [0.3, 0.4) is 0 Å². The molecule has 3 aromatic rings. The first-order valence-electron chi connectivity index (χ1n) is 8.47. The lowest BCUT2D eigenvalue weighted by Gasteiger charge is -2.18. The van der Waals surface area contributed by atoms with Crippen molar-refractivity contribution in [2.45, 2.75) is 38.5 Å². The average Bonchev–Trinajstić information content (AvgIpc) is 3.29. The van der Waals surface area contributed by atoms with Crippen molar-refractivity contribution in [3.8, 4) is 0 Å². The quantitative estimate of drug-likeness (QED) is 0.775. The Morgan fingerprint density at radius 3 is 2.88 bits per heavy atom. The van der Waals surface area contributed by atoms with E-state index in [1.165, 1.54) is 5.56 Å². The lowest BCUT2D eigenvalue weighted by molar-refractivity contribution is 0.0593. The van der Waals surface area contributed by atoms with Gasteiger partial charge in [0.1, 0.15) is 12.6 Å². The van der Waals surface area contributed by atoms with E-state index in [4.69, 9.17) is 4.74 Å². The maximum atomic E-state index is 5.76. The van der Waals surface area contributed by atoms with E-state index in [1.54, 1.807) is 6.33 Å². The summed E-state index contributed by atoms with van der Waals surface area (Å²) in [5.41, 5.74) is 2.86. The van der Waals surface area contributed by atoms with Crippen LogP contribution in [0.25, 0.3) is 11.2 Å². The Kier molecular flexibility index (Phi) is 4.13. The molecule has 0 amide bonds. The number of fused-ring (bicyclic) bond motifs is 1. The van der Waals surface area contributed by atoms with Crippen molar-refractivity contribution in [1.29, 1.82) is 0 Å². The summed E-state index contributed by atoms with van der Waals surface area (Å²) in [5, 5.41) is 3.52. The molecule has 0 radical (unpaired) electrons. The fraction of sp³-hybridized carbons (Fsp3) is 0.389.